The molecule has 4 heterocycles. The van der Waals surface area contributed by atoms with Crippen molar-refractivity contribution < 1.29 is 4.79 Å². The topological polar surface area (TPSA) is 65.5 Å². The zero-order chi connectivity index (χ0) is 17.8. The third-order valence-corrected chi connectivity index (χ3v) is 5.08. The molecule has 0 aliphatic carbocycles. The molecule has 136 valence electrons. The molecule has 2 saturated heterocycles. The van der Waals surface area contributed by atoms with Crippen molar-refractivity contribution >= 4 is 17.7 Å². The summed E-state index contributed by atoms with van der Waals surface area (Å²) in [6, 6.07) is 5.70. The van der Waals surface area contributed by atoms with Crippen LogP contribution in [0.1, 0.15) is 29.6 Å². The molecular formula is C19H24N6O. The van der Waals surface area contributed by atoms with Crippen LogP contribution in [0.2, 0.25) is 0 Å². The lowest BCUT2D eigenvalue weighted by Crippen LogP contribution is -2.47. The van der Waals surface area contributed by atoms with E-state index in [2.05, 4.69) is 24.8 Å². The fourth-order valence-electron chi connectivity index (χ4n) is 3.57. The molecule has 0 atom stereocenters. The van der Waals surface area contributed by atoms with Gasteiger partial charge < -0.3 is 14.7 Å². The van der Waals surface area contributed by atoms with Crippen LogP contribution in [0.15, 0.2) is 36.8 Å². The molecule has 2 aliphatic rings. The van der Waals surface area contributed by atoms with E-state index in [1.165, 1.54) is 6.42 Å². The van der Waals surface area contributed by atoms with Crippen LogP contribution in [-0.2, 0) is 0 Å². The minimum atomic E-state index is 0.106. The molecular weight excluding hydrogens is 328 g/mol. The van der Waals surface area contributed by atoms with Crippen LogP contribution >= 0.6 is 0 Å². The van der Waals surface area contributed by atoms with Crippen LogP contribution < -0.4 is 9.80 Å². The second kappa shape index (κ2) is 7.68. The van der Waals surface area contributed by atoms with Crippen LogP contribution in [0.3, 0.4) is 0 Å². The van der Waals surface area contributed by atoms with Gasteiger partial charge in [0.25, 0.3) is 5.91 Å². The Hall–Kier alpha value is -2.70. The SMILES string of the molecule is O=C(c1ccc(N2CCN(c3ncccn3)CC2)nc1)N1CCCCC1. The van der Waals surface area contributed by atoms with Crippen LogP contribution in [0.5, 0.6) is 0 Å². The first-order valence-corrected chi connectivity index (χ1v) is 9.33. The minimum absolute atomic E-state index is 0.106. The average molecular weight is 352 g/mol. The normalized spacial score (nSPS) is 18.1. The number of anilines is 2. The van der Waals surface area contributed by atoms with Crippen molar-refractivity contribution in [2.24, 2.45) is 0 Å². The van der Waals surface area contributed by atoms with Crippen LogP contribution in [-0.4, -0.2) is 65.0 Å². The third-order valence-electron chi connectivity index (χ3n) is 5.08. The van der Waals surface area contributed by atoms with Gasteiger partial charge in [-0.2, -0.15) is 0 Å². The van der Waals surface area contributed by atoms with Gasteiger partial charge in [0.05, 0.1) is 5.56 Å². The molecule has 0 bridgehead atoms. The van der Waals surface area contributed by atoms with E-state index in [-0.39, 0.29) is 5.91 Å². The molecule has 2 aliphatic heterocycles. The van der Waals surface area contributed by atoms with E-state index in [4.69, 9.17) is 0 Å². The van der Waals surface area contributed by atoms with E-state index in [1.807, 2.05) is 23.1 Å². The number of piperidine rings is 1. The number of amides is 1. The molecule has 7 heteroatoms. The summed E-state index contributed by atoms with van der Waals surface area (Å²) >= 11 is 0. The van der Waals surface area contributed by atoms with Gasteiger partial charge in [0.2, 0.25) is 5.95 Å². The van der Waals surface area contributed by atoms with Gasteiger partial charge in [-0.3, -0.25) is 4.79 Å². The predicted molar refractivity (Wildman–Crippen MR) is 100 cm³/mol. The molecule has 2 aromatic rings. The number of carbonyl (C=O) groups excluding carboxylic acids is 1. The first kappa shape index (κ1) is 16.8. The molecule has 0 N–H and O–H groups in total. The first-order valence-electron chi connectivity index (χ1n) is 9.33. The minimum Gasteiger partial charge on any atom is -0.353 e. The second-order valence-electron chi connectivity index (χ2n) is 6.78. The maximum atomic E-state index is 12.5. The Bertz CT molecular complexity index is 721. The van der Waals surface area contributed by atoms with Gasteiger partial charge in [0, 0.05) is 57.9 Å². The van der Waals surface area contributed by atoms with Gasteiger partial charge in [-0.15, -0.1) is 0 Å². The Kier molecular flexibility index (Phi) is 4.95. The van der Waals surface area contributed by atoms with Gasteiger partial charge in [0.15, 0.2) is 0 Å². The average Bonchev–Trinajstić information content (AvgIpc) is 2.75. The molecule has 1 amide bonds. The number of carbonyl (C=O) groups is 1. The first-order chi connectivity index (χ1) is 12.8. The van der Waals surface area contributed by atoms with Crippen LogP contribution in [0.4, 0.5) is 11.8 Å². The van der Waals surface area contributed by atoms with E-state index in [0.29, 0.717) is 5.56 Å². The number of pyridine rings is 1. The van der Waals surface area contributed by atoms with E-state index in [9.17, 15) is 4.79 Å². The molecule has 26 heavy (non-hydrogen) atoms. The Balaban J connectivity index is 1.36. The largest absolute Gasteiger partial charge is 0.353 e. The number of aromatic nitrogens is 3. The summed E-state index contributed by atoms with van der Waals surface area (Å²) in [6.45, 7) is 5.18. The van der Waals surface area contributed by atoms with Crippen molar-refractivity contribution in [1.82, 2.24) is 19.9 Å². The maximum Gasteiger partial charge on any atom is 0.255 e. The zero-order valence-corrected chi connectivity index (χ0v) is 14.9. The molecule has 0 radical (unpaired) electrons. The van der Waals surface area contributed by atoms with Crippen molar-refractivity contribution in [3.05, 3.63) is 42.4 Å². The summed E-state index contributed by atoms with van der Waals surface area (Å²) in [4.78, 5) is 32.1. The van der Waals surface area contributed by atoms with E-state index >= 15 is 0 Å². The molecule has 0 unspecified atom stereocenters. The predicted octanol–water partition coefficient (Wildman–Crippen LogP) is 1.82. The Morgan fingerprint density at radius 1 is 0.808 bits per heavy atom. The highest BCUT2D eigenvalue weighted by molar-refractivity contribution is 5.94. The lowest BCUT2D eigenvalue weighted by Gasteiger charge is -2.35. The summed E-state index contributed by atoms with van der Waals surface area (Å²) < 4.78 is 0. The molecule has 0 aromatic carbocycles. The summed E-state index contributed by atoms with van der Waals surface area (Å²) in [5.41, 5.74) is 0.687. The van der Waals surface area contributed by atoms with Crippen LogP contribution in [0.25, 0.3) is 0 Å². The molecule has 4 rings (SSSR count). The lowest BCUT2D eigenvalue weighted by molar-refractivity contribution is 0.0724. The summed E-state index contributed by atoms with van der Waals surface area (Å²) in [5.74, 6) is 1.81. The van der Waals surface area contributed by atoms with Crippen LogP contribution in [0, 0.1) is 0 Å². The number of hydrogen-bond donors (Lipinski definition) is 0. The molecule has 0 saturated carbocycles. The highest BCUT2D eigenvalue weighted by atomic mass is 16.2. The van der Waals surface area contributed by atoms with Gasteiger partial charge in [-0.25, -0.2) is 15.0 Å². The lowest BCUT2D eigenvalue weighted by atomic mass is 10.1. The third kappa shape index (κ3) is 3.61. The number of rotatable bonds is 3. The van der Waals surface area contributed by atoms with Gasteiger partial charge in [-0.1, -0.05) is 0 Å². The summed E-state index contributed by atoms with van der Waals surface area (Å²) in [7, 11) is 0. The number of nitrogens with zero attached hydrogens (tertiary/aromatic N) is 6. The fourth-order valence-corrected chi connectivity index (χ4v) is 3.57. The quantitative estimate of drug-likeness (QED) is 0.840. The van der Waals surface area contributed by atoms with E-state index in [0.717, 1.165) is 63.9 Å². The second-order valence-corrected chi connectivity index (χ2v) is 6.78. The van der Waals surface area contributed by atoms with E-state index < -0.39 is 0 Å². The molecule has 7 nitrogen and oxygen atoms in total. The van der Waals surface area contributed by atoms with Gasteiger partial charge >= 0.3 is 0 Å². The number of likely N-dealkylation sites (tertiary alicyclic amines) is 1. The van der Waals surface area contributed by atoms with Gasteiger partial charge in [0.1, 0.15) is 5.82 Å². The Labute approximate surface area is 153 Å². The highest BCUT2D eigenvalue weighted by Crippen LogP contribution is 2.18. The van der Waals surface area contributed by atoms with Gasteiger partial charge in [-0.05, 0) is 37.5 Å². The molecule has 0 spiro atoms. The molecule has 2 aromatic heterocycles. The summed E-state index contributed by atoms with van der Waals surface area (Å²) in [6.07, 6.45) is 8.70. The Morgan fingerprint density at radius 3 is 2.15 bits per heavy atom. The maximum absolute atomic E-state index is 12.5. The Morgan fingerprint density at radius 2 is 1.50 bits per heavy atom. The highest BCUT2D eigenvalue weighted by Gasteiger charge is 2.21. The zero-order valence-electron chi connectivity index (χ0n) is 14.9. The standard InChI is InChI=1S/C19H24N6O/c26-18(24-9-2-1-3-10-24)16-5-6-17(22-15-16)23-11-13-25(14-12-23)19-20-7-4-8-21-19/h4-8,15H,1-3,9-14H2. The number of piperazine rings is 1. The van der Waals surface area contributed by atoms with E-state index in [1.54, 1.807) is 18.6 Å². The summed E-state index contributed by atoms with van der Waals surface area (Å²) in [5, 5.41) is 0. The van der Waals surface area contributed by atoms with Crippen molar-refractivity contribution in [2.75, 3.05) is 49.1 Å². The van der Waals surface area contributed by atoms with Crippen molar-refractivity contribution in [2.45, 2.75) is 19.3 Å². The molecule has 2 fully saturated rings. The fraction of sp³-hybridized carbons (Fsp3) is 0.474. The smallest absolute Gasteiger partial charge is 0.255 e. The van der Waals surface area contributed by atoms with Crippen molar-refractivity contribution in [3.63, 3.8) is 0 Å². The monoisotopic (exact) mass is 352 g/mol. The van der Waals surface area contributed by atoms with Crippen molar-refractivity contribution in [3.8, 4) is 0 Å². The van der Waals surface area contributed by atoms with Crippen molar-refractivity contribution in [1.29, 1.82) is 0 Å². The number of hydrogen-bond acceptors (Lipinski definition) is 6.